The van der Waals surface area contributed by atoms with Crippen LogP contribution in [0.1, 0.15) is 12.0 Å². The van der Waals surface area contributed by atoms with Gasteiger partial charge < -0.3 is 4.90 Å². The maximum absolute atomic E-state index is 3.47. The van der Waals surface area contributed by atoms with E-state index >= 15 is 0 Å². The second-order valence-electron chi connectivity index (χ2n) is 3.75. The van der Waals surface area contributed by atoms with E-state index in [1.54, 1.807) is 0 Å². The molecule has 0 aliphatic carbocycles. The molecule has 0 atom stereocenters. The zero-order chi connectivity index (χ0) is 10.5. The second kappa shape index (κ2) is 5.80. The van der Waals surface area contributed by atoms with Gasteiger partial charge in [0.2, 0.25) is 0 Å². The van der Waals surface area contributed by atoms with Crippen LogP contribution >= 0.6 is 27.7 Å². The highest BCUT2D eigenvalue weighted by molar-refractivity contribution is 9.08. The van der Waals surface area contributed by atoms with Crippen LogP contribution in [0.5, 0.6) is 0 Å². The van der Waals surface area contributed by atoms with Crippen LogP contribution in [0, 0.1) is 0 Å². The van der Waals surface area contributed by atoms with Crippen LogP contribution in [-0.2, 0) is 5.33 Å². The normalized spacial score (nSPS) is 17.5. The van der Waals surface area contributed by atoms with E-state index in [-0.39, 0.29) is 0 Å². The average molecular weight is 286 g/mol. The molecule has 15 heavy (non-hydrogen) atoms. The molecule has 0 radical (unpaired) electrons. The zero-order valence-electron chi connectivity index (χ0n) is 8.79. The zero-order valence-corrected chi connectivity index (χ0v) is 11.2. The number of hydrogen-bond donors (Lipinski definition) is 0. The summed E-state index contributed by atoms with van der Waals surface area (Å²) in [5, 5.41) is 0.948. The Morgan fingerprint density at radius 2 is 1.93 bits per heavy atom. The van der Waals surface area contributed by atoms with Crippen molar-refractivity contribution in [2.45, 2.75) is 11.8 Å². The summed E-state index contributed by atoms with van der Waals surface area (Å²) in [5.74, 6) is 2.58. The minimum atomic E-state index is 0.948. The summed E-state index contributed by atoms with van der Waals surface area (Å²) in [4.78, 5) is 2.50. The fourth-order valence-electron chi connectivity index (χ4n) is 1.80. The van der Waals surface area contributed by atoms with Crippen LogP contribution in [0.25, 0.3) is 0 Å². The molecule has 0 N–H and O–H groups in total. The molecular formula is C12H16BrNS. The minimum Gasteiger partial charge on any atom is -0.371 e. The van der Waals surface area contributed by atoms with Gasteiger partial charge >= 0.3 is 0 Å². The molecule has 3 heteroatoms. The quantitative estimate of drug-likeness (QED) is 0.765. The Labute approximate surface area is 104 Å². The largest absolute Gasteiger partial charge is 0.371 e. The number of anilines is 1. The molecule has 1 heterocycles. The van der Waals surface area contributed by atoms with Crippen molar-refractivity contribution in [3.05, 3.63) is 29.8 Å². The van der Waals surface area contributed by atoms with Crippen molar-refractivity contribution in [3.8, 4) is 0 Å². The molecule has 1 aliphatic rings. The number of halogens is 1. The van der Waals surface area contributed by atoms with E-state index in [1.807, 2.05) is 0 Å². The Morgan fingerprint density at radius 1 is 1.13 bits per heavy atom. The third-order valence-electron chi connectivity index (χ3n) is 2.68. The average Bonchev–Trinajstić information content (AvgIpc) is 2.58. The van der Waals surface area contributed by atoms with Gasteiger partial charge in [-0.15, -0.1) is 0 Å². The van der Waals surface area contributed by atoms with Gasteiger partial charge in [-0.3, -0.25) is 0 Å². The number of benzene rings is 1. The number of thioether (sulfide) groups is 1. The van der Waals surface area contributed by atoms with E-state index in [1.165, 1.54) is 42.3 Å². The fraction of sp³-hybridized carbons (Fsp3) is 0.500. The molecule has 1 nitrogen and oxygen atoms in total. The highest BCUT2D eigenvalue weighted by Crippen LogP contribution is 2.20. The van der Waals surface area contributed by atoms with Crippen LogP contribution in [0.4, 0.5) is 5.69 Å². The van der Waals surface area contributed by atoms with Crippen molar-refractivity contribution < 1.29 is 0 Å². The minimum absolute atomic E-state index is 0.948. The van der Waals surface area contributed by atoms with Crippen molar-refractivity contribution in [3.63, 3.8) is 0 Å². The first-order valence-electron chi connectivity index (χ1n) is 5.38. The topological polar surface area (TPSA) is 3.24 Å². The first-order chi connectivity index (χ1) is 7.40. The van der Waals surface area contributed by atoms with Gasteiger partial charge in [0, 0.05) is 29.9 Å². The predicted octanol–water partition coefficient (Wildman–Crippen LogP) is 3.52. The Balaban J connectivity index is 2.06. The molecule has 0 unspecified atom stereocenters. The molecule has 1 saturated heterocycles. The fourth-order valence-corrected chi connectivity index (χ4v) is 3.06. The standard InChI is InChI=1S/C12H16BrNS/c13-10-11-2-4-12(5-3-11)14-6-1-8-15-9-7-14/h2-5H,1,6-10H2. The Kier molecular flexibility index (Phi) is 4.39. The summed E-state index contributed by atoms with van der Waals surface area (Å²) in [6.45, 7) is 2.40. The summed E-state index contributed by atoms with van der Waals surface area (Å²) in [7, 11) is 0. The van der Waals surface area contributed by atoms with Gasteiger partial charge in [-0.1, -0.05) is 28.1 Å². The number of nitrogens with zero attached hydrogens (tertiary/aromatic N) is 1. The Morgan fingerprint density at radius 3 is 2.67 bits per heavy atom. The first kappa shape index (κ1) is 11.3. The number of hydrogen-bond acceptors (Lipinski definition) is 2. The molecule has 0 spiro atoms. The van der Waals surface area contributed by atoms with E-state index in [4.69, 9.17) is 0 Å². The van der Waals surface area contributed by atoms with E-state index in [0.717, 1.165) is 5.33 Å². The van der Waals surface area contributed by atoms with Gasteiger partial charge in [-0.05, 0) is 29.9 Å². The van der Waals surface area contributed by atoms with Gasteiger partial charge in [-0.2, -0.15) is 11.8 Å². The summed E-state index contributed by atoms with van der Waals surface area (Å²) in [5.41, 5.74) is 2.73. The smallest absolute Gasteiger partial charge is 0.0366 e. The monoisotopic (exact) mass is 285 g/mol. The number of rotatable bonds is 2. The van der Waals surface area contributed by atoms with Crippen LogP contribution in [0.3, 0.4) is 0 Å². The van der Waals surface area contributed by atoms with Crippen LogP contribution in [0.15, 0.2) is 24.3 Å². The molecule has 0 amide bonds. The van der Waals surface area contributed by atoms with Crippen molar-refractivity contribution >= 4 is 33.4 Å². The SMILES string of the molecule is BrCc1ccc(N2CCCSCC2)cc1. The maximum atomic E-state index is 3.47. The summed E-state index contributed by atoms with van der Waals surface area (Å²) >= 11 is 5.55. The molecule has 1 aliphatic heterocycles. The summed E-state index contributed by atoms with van der Waals surface area (Å²) in [6, 6.07) is 8.91. The molecule has 2 rings (SSSR count). The molecule has 0 bridgehead atoms. The van der Waals surface area contributed by atoms with Crippen molar-refractivity contribution in [2.24, 2.45) is 0 Å². The Bertz CT molecular complexity index is 291. The Hall–Kier alpha value is -0.150. The first-order valence-corrected chi connectivity index (χ1v) is 7.65. The lowest BCUT2D eigenvalue weighted by Gasteiger charge is -2.22. The molecule has 1 aromatic carbocycles. The maximum Gasteiger partial charge on any atom is 0.0366 e. The van der Waals surface area contributed by atoms with Gasteiger partial charge in [0.15, 0.2) is 0 Å². The third-order valence-corrected chi connectivity index (χ3v) is 4.37. The van der Waals surface area contributed by atoms with E-state index in [2.05, 4.69) is 56.9 Å². The lowest BCUT2D eigenvalue weighted by atomic mass is 10.2. The molecule has 1 fully saturated rings. The second-order valence-corrected chi connectivity index (χ2v) is 5.54. The molecule has 0 saturated carbocycles. The van der Waals surface area contributed by atoms with E-state index in [9.17, 15) is 0 Å². The van der Waals surface area contributed by atoms with Crippen molar-refractivity contribution in [2.75, 3.05) is 29.5 Å². The van der Waals surface area contributed by atoms with Crippen LogP contribution < -0.4 is 4.90 Å². The summed E-state index contributed by atoms with van der Waals surface area (Å²) in [6.07, 6.45) is 1.31. The lowest BCUT2D eigenvalue weighted by molar-refractivity contribution is 0.816. The predicted molar refractivity (Wildman–Crippen MR) is 73.2 cm³/mol. The molecule has 1 aromatic rings. The van der Waals surface area contributed by atoms with Crippen LogP contribution in [0.2, 0.25) is 0 Å². The highest BCUT2D eigenvalue weighted by Gasteiger charge is 2.09. The third kappa shape index (κ3) is 3.15. The lowest BCUT2D eigenvalue weighted by Crippen LogP contribution is -2.25. The van der Waals surface area contributed by atoms with Crippen molar-refractivity contribution in [1.29, 1.82) is 0 Å². The van der Waals surface area contributed by atoms with Crippen LogP contribution in [-0.4, -0.2) is 24.6 Å². The van der Waals surface area contributed by atoms with Gasteiger partial charge in [0.25, 0.3) is 0 Å². The van der Waals surface area contributed by atoms with E-state index < -0.39 is 0 Å². The number of alkyl halides is 1. The molecule has 82 valence electrons. The van der Waals surface area contributed by atoms with Gasteiger partial charge in [-0.25, -0.2) is 0 Å². The van der Waals surface area contributed by atoms with E-state index in [0.29, 0.717) is 0 Å². The van der Waals surface area contributed by atoms with Gasteiger partial charge in [0.05, 0.1) is 0 Å². The highest BCUT2D eigenvalue weighted by atomic mass is 79.9. The molecular weight excluding hydrogens is 270 g/mol. The van der Waals surface area contributed by atoms with Crippen molar-refractivity contribution in [1.82, 2.24) is 0 Å². The van der Waals surface area contributed by atoms with Gasteiger partial charge in [0.1, 0.15) is 0 Å². The summed E-state index contributed by atoms with van der Waals surface area (Å²) < 4.78 is 0. The molecule has 0 aromatic heterocycles.